The van der Waals surface area contributed by atoms with Crippen LogP contribution in [0.1, 0.15) is 17.1 Å². The van der Waals surface area contributed by atoms with Crippen molar-refractivity contribution in [3.8, 4) is 0 Å². The number of aliphatic hydroxyl groups excluding tert-OH is 1. The van der Waals surface area contributed by atoms with Crippen molar-refractivity contribution in [1.29, 1.82) is 0 Å². The van der Waals surface area contributed by atoms with Gasteiger partial charge in [0.25, 0.3) is 0 Å². The molecule has 21 heavy (non-hydrogen) atoms. The van der Waals surface area contributed by atoms with Crippen molar-refractivity contribution in [3.05, 3.63) is 29.5 Å². The van der Waals surface area contributed by atoms with Crippen LogP contribution in [0.15, 0.2) is 12.5 Å². The van der Waals surface area contributed by atoms with Gasteiger partial charge in [-0.2, -0.15) is 13.2 Å². The molecule has 0 unspecified atom stereocenters. The molecule has 0 fully saturated rings. The van der Waals surface area contributed by atoms with Crippen molar-refractivity contribution >= 4 is 11.5 Å². The van der Waals surface area contributed by atoms with Gasteiger partial charge in [0.15, 0.2) is 0 Å². The van der Waals surface area contributed by atoms with Gasteiger partial charge in [0.1, 0.15) is 5.57 Å². The van der Waals surface area contributed by atoms with E-state index in [2.05, 4.69) is 19.4 Å². The summed E-state index contributed by atoms with van der Waals surface area (Å²) in [6.45, 7) is -0.807. The fourth-order valence-corrected chi connectivity index (χ4v) is 1.35. The Bertz CT molecular complexity index is 535. The second-order valence-corrected chi connectivity index (χ2v) is 3.47. The van der Waals surface area contributed by atoms with Gasteiger partial charge in [0, 0.05) is 44.5 Å². The Labute approximate surface area is 143 Å². The second kappa shape index (κ2) is 8.40. The quantitative estimate of drug-likeness (QED) is 0.479. The molecule has 0 aliphatic heterocycles. The first kappa shape index (κ1) is 19.9. The van der Waals surface area contributed by atoms with Crippen LogP contribution in [0.5, 0.6) is 0 Å². The van der Waals surface area contributed by atoms with Gasteiger partial charge in [-0.05, 0) is 0 Å². The molecule has 1 aromatic heterocycles. The van der Waals surface area contributed by atoms with Crippen LogP contribution >= 0.6 is 0 Å². The molecule has 1 N–H and O–H groups in total. The van der Waals surface area contributed by atoms with E-state index in [1.165, 1.54) is 7.11 Å². The van der Waals surface area contributed by atoms with Crippen LogP contribution in [0.4, 0.5) is 13.2 Å². The molecular weight excluding hydrogens is 370 g/mol. The smallest absolute Gasteiger partial charge is 0.451 e. The number of ether oxygens (including phenoxy) is 2. The Morgan fingerprint density at radius 2 is 2.05 bits per heavy atom. The first-order valence-electron chi connectivity index (χ1n) is 5.20. The number of hydrogen-bond acceptors (Lipinski definition) is 6. The molecule has 0 amide bonds. The monoisotopic (exact) mass is 381 g/mol. The molecule has 10 heteroatoms. The van der Waals surface area contributed by atoms with Crippen LogP contribution in [-0.2, 0) is 59.8 Å². The fraction of sp³-hybridized carbons (Fsp3) is 0.364. The summed E-state index contributed by atoms with van der Waals surface area (Å²) >= 11 is 0. The van der Waals surface area contributed by atoms with Crippen LogP contribution in [0, 0.1) is 0 Å². The summed E-state index contributed by atoms with van der Waals surface area (Å²) in [4.78, 5) is 17.8. The maximum Gasteiger partial charge on any atom is 0.451 e. The van der Waals surface area contributed by atoms with Gasteiger partial charge in [0.2, 0.25) is 5.82 Å². The van der Waals surface area contributed by atoms with Crippen LogP contribution in [-0.4, -0.2) is 35.3 Å². The van der Waals surface area contributed by atoms with Gasteiger partial charge in [0.05, 0.1) is 32.8 Å². The molecule has 1 radical (unpaired) electrons. The topological polar surface area (TPSA) is 81.5 Å². The summed E-state index contributed by atoms with van der Waals surface area (Å²) < 4.78 is 46.5. The van der Waals surface area contributed by atoms with Crippen LogP contribution in [0.3, 0.4) is 0 Å². The summed E-state index contributed by atoms with van der Waals surface area (Å²) in [5, 5.41) is 9.10. The van der Waals surface area contributed by atoms with Crippen LogP contribution in [0.2, 0.25) is 0 Å². The number of aliphatic hydroxyl groups is 1. The molecule has 0 aromatic carbocycles. The van der Waals surface area contributed by atoms with Crippen molar-refractivity contribution in [2.45, 2.75) is 12.8 Å². The van der Waals surface area contributed by atoms with Crippen molar-refractivity contribution in [2.24, 2.45) is 0 Å². The zero-order chi connectivity index (χ0) is 15.3. The van der Waals surface area contributed by atoms with E-state index >= 15 is 0 Å². The van der Waals surface area contributed by atoms with Crippen molar-refractivity contribution in [3.63, 3.8) is 0 Å². The molecule has 1 aromatic rings. The van der Waals surface area contributed by atoms with E-state index in [9.17, 15) is 18.0 Å². The summed E-state index contributed by atoms with van der Waals surface area (Å²) in [5.41, 5.74) is -0.664. The first-order valence-corrected chi connectivity index (χ1v) is 5.20. The molecule has 0 saturated heterocycles. The number of methoxy groups -OCH3 is 2. The first-order chi connectivity index (χ1) is 9.35. The maximum atomic E-state index is 12.5. The summed E-state index contributed by atoms with van der Waals surface area (Å²) in [6.07, 6.45) is -3.00. The van der Waals surface area contributed by atoms with Crippen molar-refractivity contribution in [1.82, 2.24) is 9.97 Å². The third-order valence-corrected chi connectivity index (χ3v) is 2.20. The van der Waals surface area contributed by atoms with E-state index in [1.807, 2.05) is 0 Å². The van der Waals surface area contributed by atoms with E-state index in [0.29, 0.717) is 0 Å². The normalized spacial score (nSPS) is 11.6. The van der Waals surface area contributed by atoms with E-state index in [1.54, 1.807) is 0 Å². The van der Waals surface area contributed by atoms with Crippen molar-refractivity contribution < 1.29 is 65.3 Å². The number of esters is 1. The van der Waals surface area contributed by atoms with Gasteiger partial charge >= 0.3 is 12.1 Å². The van der Waals surface area contributed by atoms with Gasteiger partial charge in [-0.15, -0.1) is 0 Å². The molecule has 0 bridgehead atoms. The van der Waals surface area contributed by atoms with E-state index in [-0.39, 0.29) is 49.5 Å². The Morgan fingerprint density at radius 3 is 2.48 bits per heavy atom. The van der Waals surface area contributed by atoms with Crippen molar-refractivity contribution in [2.75, 3.05) is 14.2 Å². The van der Waals surface area contributed by atoms with E-state index < -0.39 is 24.6 Å². The molecule has 0 spiro atoms. The molecule has 1 rings (SSSR count). The zero-order valence-electron chi connectivity index (χ0n) is 11.1. The molecule has 6 nitrogen and oxygen atoms in total. The molecule has 0 aliphatic rings. The van der Waals surface area contributed by atoms with Crippen LogP contribution in [0.25, 0.3) is 5.57 Å². The van der Waals surface area contributed by atoms with Crippen LogP contribution < -0.4 is 0 Å². The number of alkyl halides is 3. The Morgan fingerprint density at radius 1 is 1.43 bits per heavy atom. The van der Waals surface area contributed by atoms with Gasteiger partial charge in [-0.1, -0.05) is 0 Å². The third-order valence-electron chi connectivity index (χ3n) is 2.20. The van der Waals surface area contributed by atoms with Gasteiger partial charge in [-0.3, -0.25) is 0 Å². The number of hydrogen-bond donors (Lipinski definition) is 1. The minimum Gasteiger partial charge on any atom is -0.503 e. The van der Waals surface area contributed by atoms with E-state index in [0.717, 1.165) is 19.6 Å². The number of carbonyl (C=O) groups is 1. The average Bonchev–Trinajstić information content (AvgIpc) is 2.42. The van der Waals surface area contributed by atoms with E-state index in [4.69, 9.17) is 5.11 Å². The van der Waals surface area contributed by atoms with Gasteiger partial charge in [-0.25, -0.2) is 14.8 Å². The number of rotatable bonds is 4. The minimum atomic E-state index is -4.75. The standard InChI is InChI=1S/C11H11F3N2O4.Y/c1-19-5-7(9(18)20-2)6-3-15-10(11(12,13)14)16-8(6)4-17;/h3,5,17H,4H2,1-2H3;/b7-5+;. The molecule has 113 valence electrons. The second-order valence-electron chi connectivity index (χ2n) is 3.47. The minimum absolute atomic E-state index is 0. The Balaban J connectivity index is 0.00000400. The number of carbonyl (C=O) groups excluding carboxylic acids is 1. The molecule has 0 aliphatic carbocycles. The molecule has 0 saturated carbocycles. The predicted molar refractivity (Wildman–Crippen MR) is 60.0 cm³/mol. The largest absolute Gasteiger partial charge is 0.503 e. The fourth-order valence-electron chi connectivity index (χ4n) is 1.35. The molecule has 1 heterocycles. The molecule has 0 atom stereocenters. The summed E-state index contributed by atoms with van der Waals surface area (Å²) in [7, 11) is 2.34. The summed E-state index contributed by atoms with van der Waals surface area (Å²) in [6, 6.07) is 0. The number of nitrogens with zero attached hydrogens (tertiary/aromatic N) is 2. The average molecular weight is 381 g/mol. The predicted octanol–water partition coefficient (Wildman–Crippen LogP) is 1.15. The summed E-state index contributed by atoms with van der Waals surface area (Å²) in [5.74, 6) is -2.27. The number of aromatic nitrogens is 2. The third kappa shape index (κ3) is 5.01. The number of halogens is 3. The maximum absolute atomic E-state index is 12.5. The van der Waals surface area contributed by atoms with Gasteiger partial charge < -0.3 is 14.6 Å². The Hall–Kier alpha value is -1.06. The molecular formula is C11H11F3N2O4Y. The SMILES string of the molecule is CO/C=C(/C(=O)OC)c1cnc(C(F)(F)F)nc1CO.[Y]. The Kier molecular flexibility index (Phi) is 7.98. The zero-order valence-corrected chi connectivity index (χ0v) is 14.0.